The molecule has 0 radical (unpaired) electrons. The summed E-state index contributed by atoms with van der Waals surface area (Å²) in [7, 11) is 0. The third kappa shape index (κ3) is 2.60. The van der Waals surface area contributed by atoms with Crippen molar-refractivity contribution in [3.8, 4) is 0 Å². The molecule has 4 rings (SSSR count). The van der Waals surface area contributed by atoms with Gasteiger partial charge in [0, 0.05) is 25.1 Å². The van der Waals surface area contributed by atoms with Crippen LogP contribution in [0.5, 0.6) is 0 Å². The standard InChI is InChI=1S/C18H21N3O3/c22-16-6-5-15(17(23)20-16)21-10-13-8-11(3-4-14(13)18(21)24)12-2-1-7-19-9-12/h3-4,8,12,15,19H,1-2,5-7,9-10H2,(H,20,22,23). The average molecular weight is 327 g/mol. The molecule has 2 unspecified atom stereocenters. The van der Waals surface area contributed by atoms with Crippen LogP contribution in [0.15, 0.2) is 18.2 Å². The summed E-state index contributed by atoms with van der Waals surface area (Å²) < 4.78 is 0. The van der Waals surface area contributed by atoms with Gasteiger partial charge in [0.2, 0.25) is 11.8 Å². The lowest BCUT2D eigenvalue weighted by Gasteiger charge is -2.29. The third-order valence-corrected chi connectivity index (χ3v) is 5.32. The Morgan fingerprint density at radius 2 is 2.00 bits per heavy atom. The van der Waals surface area contributed by atoms with Crippen LogP contribution in [-0.2, 0) is 16.1 Å². The van der Waals surface area contributed by atoms with Gasteiger partial charge in [-0.05, 0) is 48.9 Å². The van der Waals surface area contributed by atoms with Crippen molar-refractivity contribution in [1.29, 1.82) is 0 Å². The van der Waals surface area contributed by atoms with Crippen molar-refractivity contribution in [2.45, 2.75) is 44.2 Å². The summed E-state index contributed by atoms with van der Waals surface area (Å²) in [5.41, 5.74) is 2.94. The maximum absolute atomic E-state index is 12.7. The first-order valence-electron chi connectivity index (χ1n) is 8.61. The quantitative estimate of drug-likeness (QED) is 0.792. The van der Waals surface area contributed by atoms with Gasteiger partial charge in [0.15, 0.2) is 0 Å². The molecule has 3 amide bonds. The van der Waals surface area contributed by atoms with Gasteiger partial charge >= 0.3 is 0 Å². The molecule has 6 nitrogen and oxygen atoms in total. The number of piperidine rings is 2. The Morgan fingerprint density at radius 1 is 1.12 bits per heavy atom. The van der Waals surface area contributed by atoms with Crippen molar-refractivity contribution in [3.63, 3.8) is 0 Å². The van der Waals surface area contributed by atoms with Crippen molar-refractivity contribution in [3.05, 3.63) is 34.9 Å². The summed E-state index contributed by atoms with van der Waals surface area (Å²) in [4.78, 5) is 37.6. The molecule has 2 N–H and O–H groups in total. The highest BCUT2D eigenvalue weighted by molar-refractivity contribution is 6.05. The van der Waals surface area contributed by atoms with E-state index in [9.17, 15) is 14.4 Å². The van der Waals surface area contributed by atoms with E-state index in [1.165, 1.54) is 12.0 Å². The smallest absolute Gasteiger partial charge is 0.255 e. The number of benzene rings is 1. The summed E-state index contributed by atoms with van der Waals surface area (Å²) in [5, 5.41) is 5.75. The third-order valence-electron chi connectivity index (χ3n) is 5.32. The second-order valence-electron chi connectivity index (χ2n) is 6.86. The lowest BCUT2D eigenvalue weighted by molar-refractivity contribution is -0.136. The van der Waals surface area contributed by atoms with Crippen molar-refractivity contribution < 1.29 is 14.4 Å². The molecule has 24 heavy (non-hydrogen) atoms. The van der Waals surface area contributed by atoms with Crippen LogP contribution in [0.3, 0.4) is 0 Å². The van der Waals surface area contributed by atoms with Crippen LogP contribution in [-0.4, -0.2) is 41.8 Å². The first kappa shape index (κ1) is 15.3. The van der Waals surface area contributed by atoms with Crippen molar-refractivity contribution >= 4 is 17.7 Å². The van der Waals surface area contributed by atoms with Crippen LogP contribution < -0.4 is 10.6 Å². The molecule has 3 aliphatic rings. The Kier molecular flexibility index (Phi) is 3.84. The second kappa shape index (κ2) is 6.02. The van der Waals surface area contributed by atoms with E-state index in [4.69, 9.17) is 0 Å². The molecule has 0 saturated carbocycles. The molecule has 1 aromatic rings. The number of carbonyl (C=O) groups is 3. The zero-order valence-electron chi connectivity index (χ0n) is 13.5. The van der Waals surface area contributed by atoms with Crippen molar-refractivity contribution in [2.75, 3.05) is 13.1 Å². The molecule has 1 aromatic carbocycles. The molecular formula is C18H21N3O3. The Labute approximate surface area is 140 Å². The lowest BCUT2D eigenvalue weighted by atomic mass is 9.90. The van der Waals surface area contributed by atoms with Gasteiger partial charge in [-0.25, -0.2) is 0 Å². The number of rotatable bonds is 2. The Morgan fingerprint density at radius 3 is 2.75 bits per heavy atom. The zero-order valence-corrected chi connectivity index (χ0v) is 13.5. The molecule has 0 spiro atoms. The summed E-state index contributed by atoms with van der Waals surface area (Å²) in [6.45, 7) is 2.50. The summed E-state index contributed by atoms with van der Waals surface area (Å²) in [6.07, 6.45) is 3.03. The normalized spacial score (nSPS) is 27.2. The maximum Gasteiger partial charge on any atom is 0.255 e. The number of carbonyl (C=O) groups excluding carboxylic acids is 3. The number of hydrogen-bond donors (Lipinski definition) is 2. The molecular weight excluding hydrogens is 306 g/mol. The highest BCUT2D eigenvalue weighted by Gasteiger charge is 2.39. The fourth-order valence-corrected chi connectivity index (χ4v) is 3.98. The van der Waals surface area contributed by atoms with Crippen molar-refractivity contribution in [1.82, 2.24) is 15.5 Å². The van der Waals surface area contributed by atoms with E-state index in [0.29, 0.717) is 24.4 Å². The Balaban J connectivity index is 1.55. The number of amides is 3. The molecule has 3 aliphatic heterocycles. The summed E-state index contributed by atoms with van der Waals surface area (Å²) in [5.74, 6) is -0.228. The number of hydrogen-bond acceptors (Lipinski definition) is 4. The molecule has 3 heterocycles. The molecule has 0 aromatic heterocycles. The summed E-state index contributed by atoms with van der Waals surface area (Å²) >= 11 is 0. The SMILES string of the molecule is O=C1CCC(N2Cc3cc(C4CCCNC4)ccc3C2=O)C(=O)N1. The van der Waals surface area contributed by atoms with Crippen molar-refractivity contribution in [2.24, 2.45) is 0 Å². The monoisotopic (exact) mass is 327 g/mol. The van der Waals surface area contributed by atoms with Crippen LogP contribution in [0.25, 0.3) is 0 Å². The first-order valence-corrected chi connectivity index (χ1v) is 8.61. The second-order valence-corrected chi connectivity index (χ2v) is 6.86. The largest absolute Gasteiger partial charge is 0.322 e. The molecule has 2 fully saturated rings. The van der Waals surface area contributed by atoms with Gasteiger partial charge in [-0.1, -0.05) is 12.1 Å². The minimum absolute atomic E-state index is 0.104. The van der Waals surface area contributed by atoms with E-state index in [0.717, 1.165) is 25.1 Å². The number of imide groups is 1. The van der Waals surface area contributed by atoms with Crippen LogP contribution in [0.1, 0.15) is 53.1 Å². The highest BCUT2D eigenvalue weighted by Crippen LogP contribution is 2.31. The predicted molar refractivity (Wildman–Crippen MR) is 87.3 cm³/mol. The van der Waals surface area contributed by atoms with Gasteiger partial charge in [-0.3, -0.25) is 19.7 Å². The minimum atomic E-state index is -0.539. The average Bonchev–Trinajstić information content (AvgIpc) is 2.92. The molecule has 0 aliphatic carbocycles. The number of fused-ring (bicyclic) bond motifs is 1. The van der Waals surface area contributed by atoms with E-state index in [2.05, 4.69) is 16.7 Å². The van der Waals surface area contributed by atoms with E-state index >= 15 is 0 Å². The molecule has 2 atom stereocenters. The first-order chi connectivity index (χ1) is 11.6. The fourth-order valence-electron chi connectivity index (χ4n) is 3.98. The van der Waals surface area contributed by atoms with Crippen LogP contribution in [0.4, 0.5) is 0 Å². The van der Waals surface area contributed by atoms with Gasteiger partial charge in [0.05, 0.1) is 0 Å². The van der Waals surface area contributed by atoms with E-state index < -0.39 is 6.04 Å². The molecule has 0 bridgehead atoms. The van der Waals surface area contributed by atoms with E-state index in [1.807, 2.05) is 12.1 Å². The van der Waals surface area contributed by atoms with Crippen LogP contribution >= 0.6 is 0 Å². The van der Waals surface area contributed by atoms with Gasteiger partial charge in [0.1, 0.15) is 6.04 Å². The van der Waals surface area contributed by atoms with E-state index in [1.54, 1.807) is 4.90 Å². The molecule has 2 saturated heterocycles. The van der Waals surface area contributed by atoms with Gasteiger partial charge in [0.25, 0.3) is 5.91 Å². The summed E-state index contributed by atoms with van der Waals surface area (Å²) in [6, 6.07) is 5.52. The zero-order chi connectivity index (χ0) is 16.7. The number of nitrogens with one attached hydrogen (secondary N) is 2. The topological polar surface area (TPSA) is 78.5 Å². The molecule has 6 heteroatoms. The number of nitrogens with zero attached hydrogens (tertiary/aromatic N) is 1. The van der Waals surface area contributed by atoms with Crippen LogP contribution in [0, 0.1) is 0 Å². The Bertz CT molecular complexity index is 709. The van der Waals surface area contributed by atoms with Gasteiger partial charge < -0.3 is 10.2 Å². The van der Waals surface area contributed by atoms with Gasteiger partial charge in [-0.15, -0.1) is 0 Å². The molecule has 126 valence electrons. The lowest BCUT2D eigenvalue weighted by Crippen LogP contribution is -2.52. The van der Waals surface area contributed by atoms with E-state index in [-0.39, 0.29) is 24.1 Å². The fraction of sp³-hybridized carbons (Fsp3) is 0.500. The predicted octanol–water partition coefficient (Wildman–Crippen LogP) is 0.915. The maximum atomic E-state index is 12.7. The highest BCUT2D eigenvalue weighted by atomic mass is 16.2. The van der Waals surface area contributed by atoms with Gasteiger partial charge in [-0.2, -0.15) is 0 Å². The minimum Gasteiger partial charge on any atom is -0.322 e. The van der Waals surface area contributed by atoms with Crippen LogP contribution in [0.2, 0.25) is 0 Å². The Hall–Kier alpha value is -2.21.